The maximum atomic E-state index is 12.2. The first-order valence-corrected chi connectivity index (χ1v) is 10.6. The standard InChI is InChI=1S/C26H28N4O3/c1-17(25-28-16-20(15-23(32)33)24(30-25)26(2,3)27)19-10-12-21(13-11-19)29-22(31)14-9-18-7-5-4-6-8-18/h4-14,16-17H,15,27H2,1-3H3,(H,29,31)(H,32,33)/b14-9+. The highest BCUT2D eigenvalue weighted by atomic mass is 16.4. The molecule has 1 atom stereocenters. The molecule has 0 aliphatic carbocycles. The van der Waals surface area contributed by atoms with E-state index in [4.69, 9.17) is 10.8 Å². The monoisotopic (exact) mass is 444 g/mol. The molecule has 0 spiro atoms. The number of anilines is 1. The first-order chi connectivity index (χ1) is 15.6. The molecule has 0 aliphatic rings. The number of carboxylic acids is 1. The number of aliphatic carboxylic acids is 1. The van der Waals surface area contributed by atoms with Crippen molar-refractivity contribution in [3.63, 3.8) is 0 Å². The number of nitrogens with two attached hydrogens (primary N) is 1. The van der Waals surface area contributed by atoms with Crippen LogP contribution < -0.4 is 11.1 Å². The second kappa shape index (κ2) is 10.2. The molecule has 170 valence electrons. The van der Waals surface area contributed by atoms with Gasteiger partial charge in [-0.05, 0) is 43.2 Å². The summed E-state index contributed by atoms with van der Waals surface area (Å²) in [5.41, 5.74) is 9.05. The lowest BCUT2D eigenvalue weighted by molar-refractivity contribution is -0.136. The predicted octanol–water partition coefficient (Wildman–Crippen LogP) is 4.10. The highest BCUT2D eigenvalue weighted by Crippen LogP contribution is 2.26. The van der Waals surface area contributed by atoms with Gasteiger partial charge in [0.05, 0.1) is 17.7 Å². The third-order valence-corrected chi connectivity index (χ3v) is 5.13. The van der Waals surface area contributed by atoms with E-state index >= 15 is 0 Å². The molecule has 7 nitrogen and oxygen atoms in total. The van der Waals surface area contributed by atoms with Crippen LogP contribution in [0.4, 0.5) is 5.69 Å². The summed E-state index contributed by atoms with van der Waals surface area (Å²) in [6, 6.07) is 17.1. The predicted molar refractivity (Wildman–Crippen MR) is 129 cm³/mol. The Morgan fingerprint density at radius 3 is 2.39 bits per heavy atom. The molecule has 3 rings (SSSR count). The maximum Gasteiger partial charge on any atom is 0.307 e. The lowest BCUT2D eigenvalue weighted by Gasteiger charge is -2.23. The van der Waals surface area contributed by atoms with Crippen molar-refractivity contribution in [2.24, 2.45) is 5.73 Å². The second-order valence-electron chi connectivity index (χ2n) is 8.47. The molecule has 0 aliphatic heterocycles. The van der Waals surface area contributed by atoms with E-state index in [1.54, 1.807) is 26.1 Å². The fourth-order valence-corrected chi connectivity index (χ4v) is 3.40. The van der Waals surface area contributed by atoms with E-state index in [1.165, 1.54) is 6.08 Å². The largest absolute Gasteiger partial charge is 0.481 e. The smallest absolute Gasteiger partial charge is 0.307 e. The average Bonchev–Trinajstić information content (AvgIpc) is 2.77. The van der Waals surface area contributed by atoms with Crippen molar-refractivity contribution >= 4 is 23.6 Å². The highest BCUT2D eigenvalue weighted by molar-refractivity contribution is 6.01. The van der Waals surface area contributed by atoms with Crippen LogP contribution in [0.5, 0.6) is 0 Å². The van der Waals surface area contributed by atoms with Gasteiger partial charge in [0, 0.05) is 29.4 Å². The number of rotatable bonds is 8. The summed E-state index contributed by atoms with van der Waals surface area (Å²) < 4.78 is 0. The van der Waals surface area contributed by atoms with E-state index in [1.807, 2.05) is 61.5 Å². The number of hydrogen-bond acceptors (Lipinski definition) is 5. The zero-order chi connectivity index (χ0) is 24.0. The number of nitrogens with one attached hydrogen (secondary N) is 1. The first-order valence-electron chi connectivity index (χ1n) is 10.6. The Hall–Kier alpha value is -3.84. The van der Waals surface area contributed by atoms with Crippen LogP contribution >= 0.6 is 0 Å². The Morgan fingerprint density at radius 1 is 1.12 bits per heavy atom. The zero-order valence-electron chi connectivity index (χ0n) is 18.9. The van der Waals surface area contributed by atoms with Crippen LogP contribution in [0.3, 0.4) is 0 Å². The minimum absolute atomic E-state index is 0.146. The number of aromatic nitrogens is 2. The minimum Gasteiger partial charge on any atom is -0.481 e. The van der Waals surface area contributed by atoms with Gasteiger partial charge in [-0.2, -0.15) is 0 Å². The molecule has 4 N–H and O–H groups in total. The second-order valence-corrected chi connectivity index (χ2v) is 8.47. The van der Waals surface area contributed by atoms with Gasteiger partial charge >= 0.3 is 5.97 Å². The molecule has 33 heavy (non-hydrogen) atoms. The molecular formula is C26H28N4O3. The van der Waals surface area contributed by atoms with E-state index in [-0.39, 0.29) is 18.2 Å². The number of hydrogen-bond donors (Lipinski definition) is 3. The molecule has 0 bridgehead atoms. The van der Waals surface area contributed by atoms with Crippen LogP contribution in [-0.4, -0.2) is 27.0 Å². The van der Waals surface area contributed by atoms with Crippen molar-refractivity contribution in [3.05, 3.63) is 95.1 Å². The topological polar surface area (TPSA) is 118 Å². The number of amides is 1. The fraction of sp³-hybridized carbons (Fsp3) is 0.231. The van der Waals surface area contributed by atoms with Crippen molar-refractivity contribution in [1.29, 1.82) is 0 Å². The van der Waals surface area contributed by atoms with Gasteiger partial charge in [0.2, 0.25) is 5.91 Å². The normalized spacial score (nSPS) is 12.5. The van der Waals surface area contributed by atoms with E-state index in [0.29, 0.717) is 22.8 Å². The molecule has 0 radical (unpaired) electrons. The fourth-order valence-electron chi connectivity index (χ4n) is 3.40. The van der Waals surface area contributed by atoms with E-state index in [2.05, 4.69) is 15.3 Å². The Morgan fingerprint density at radius 2 is 1.79 bits per heavy atom. The molecule has 0 saturated carbocycles. The first kappa shape index (κ1) is 23.8. The highest BCUT2D eigenvalue weighted by Gasteiger charge is 2.24. The van der Waals surface area contributed by atoms with Gasteiger partial charge in [-0.3, -0.25) is 9.59 Å². The number of carbonyl (C=O) groups excluding carboxylic acids is 1. The third kappa shape index (κ3) is 6.57. The summed E-state index contributed by atoms with van der Waals surface area (Å²) in [7, 11) is 0. The SMILES string of the molecule is CC(c1ccc(NC(=O)/C=C/c2ccccc2)cc1)c1ncc(CC(=O)O)c(C(C)(C)N)n1. The Balaban J connectivity index is 1.73. The maximum absolute atomic E-state index is 12.2. The molecule has 0 saturated heterocycles. The number of carbonyl (C=O) groups is 2. The summed E-state index contributed by atoms with van der Waals surface area (Å²) in [6.45, 7) is 5.55. The van der Waals surface area contributed by atoms with Gasteiger partial charge in [0.15, 0.2) is 0 Å². The quantitative estimate of drug-likeness (QED) is 0.450. The van der Waals surface area contributed by atoms with Crippen molar-refractivity contribution in [1.82, 2.24) is 9.97 Å². The summed E-state index contributed by atoms with van der Waals surface area (Å²) in [6.07, 6.45) is 4.62. The summed E-state index contributed by atoms with van der Waals surface area (Å²) in [5.74, 6) is -0.763. The van der Waals surface area contributed by atoms with Crippen molar-refractivity contribution < 1.29 is 14.7 Å². The van der Waals surface area contributed by atoms with Crippen LogP contribution in [-0.2, 0) is 21.5 Å². The molecule has 3 aromatic rings. The lowest BCUT2D eigenvalue weighted by Crippen LogP contribution is -2.32. The number of carboxylic acid groups (broad SMARTS) is 1. The van der Waals surface area contributed by atoms with Gasteiger partial charge in [-0.15, -0.1) is 0 Å². The molecule has 1 heterocycles. The molecule has 0 fully saturated rings. The Bertz CT molecular complexity index is 1150. The molecule has 2 aromatic carbocycles. The van der Waals surface area contributed by atoms with Crippen LogP contribution in [0.25, 0.3) is 6.08 Å². The van der Waals surface area contributed by atoms with Crippen LogP contribution in [0.2, 0.25) is 0 Å². The van der Waals surface area contributed by atoms with Crippen LogP contribution in [0.1, 0.15) is 54.9 Å². The lowest BCUT2D eigenvalue weighted by atomic mass is 9.94. The van der Waals surface area contributed by atoms with Crippen molar-refractivity contribution in [2.75, 3.05) is 5.32 Å². The van der Waals surface area contributed by atoms with Gasteiger partial charge in [0.25, 0.3) is 0 Å². The van der Waals surface area contributed by atoms with Gasteiger partial charge in [-0.25, -0.2) is 9.97 Å². The van der Waals surface area contributed by atoms with Crippen LogP contribution in [0, 0.1) is 0 Å². The Kier molecular flexibility index (Phi) is 7.35. The van der Waals surface area contributed by atoms with Crippen LogP contribution in [0.15, 0.2) is 66.9 Å². The van der Waals surface area contributed by atoms with Gasteiger partial charge < -0.3 is 16.2 Å². The van der Waals surface area contributed by atoms with Gasteiger partial charge in [0.1, 0.15) is 5.82 Å². The third-order valence-electron chi connectivity index (χ3n) is 5.13. The average molecular weight is 445 g/mol. The van der Waals surface area contributed by atoms with Crippen molar-refractivity contribution in [2.45, 2.75) is 38.6 Å². The summed E-state index contributed by atoms with van der Waals surface area (Å²) in [4.78, 5) is 32.4. The molecule has 1 aromatic heterocycles. The molecule has 1 unspecified atom stereocenters. The van der Waals surface area contributed by atoms with E-state index in [0.717, 1.165) is 11.1 Å². The summed E-state index contributed by atoms with van der Waals surface area (Å²) >= 11 is 0. The number of nitrogens with zero attached hydrogens (tertiary/aromatic N) is 2. The molecule has 7 heteroatoms. The van der Waals surface area contributed by atoms with Crippen molar-refractivity contribution in [3.8, 4) is 0 Å². The Labute approximate surface area is 193 Å². The van der Waals surface area contributed by atoms with E-state index < -0.39 is 11.5 Å². The van der Waals surface area contributed by atoms with Gasteiger partial charge in [-0.1, -0.05) is 49.4 Å². The van der Waals surface area contributed by atoms with E-state index in [9.17, 15) is 9.59 Å². The zero-order valence-corrected chi connectivity index (χ0v) is 18.9. The molecule has 1 amide bonds. The molecular weight excluding hydrogens is 416 g/mol. The summed E-state index contributed by atoms with van der Waals surface area (Å²) in [5, 5.41) is 12.0. The number of benzene rings is 2. The minimum atomic E-state index is -0.957.